The molecule has 132 valence electrons. The van der Waals surface area contributed by atoms with Gasteiger partial charge in [0.25, 0.3) is 0 Å². The highest BCUT2D eigenvalue weighted by Gasteiger charge is 2.37. The zero-order valence-electron chi connectivity index (χ0n) is 15.1. The molecule has 0 saturated carbocycles. The van der Waals surface area contributed by atoms with E-state index in [0.29, 0.717) is 6.04 Å². The molecular weight excluding hydrogens is 314 g/mol. The number of hydrogen-bond donors (Lipinski definition) is 2. The lowest BCUT2D eigenvalue weighted by atomic mass is 9.81. The molecule has 0 radical (unpaired) electrons. The van der Waals surface area contributed by atoms with Crippen molar-refractivity contribution in [2.75, 3.05) is 11.9 Å². The number of para-hydroxylation sites is 1. The Labute approximate surface area is 152 Å². The Morgan fingerprint density at radius 3 is 2.54 bits per heavy atom. The third-order valence-corrected chi connectivity index (χ3v) is 5.81. The Bertz CT molecular complexity index is 546. The van der Waals surface area contributed by atoms with Crippen LogP contribution in [-0.4, -0.2) is 34.7 Å². The number of fused-ring (bicyclic) bond motifs is 2. The fraction of sp³-hybridized carbons (Fsp3) is 0.650. The van der Waals surface area contributed by atoms with E-state index < -0.39 is 0 Å². The molecule has 24 heavy (non-hydrogen) atoms. The maximum Gasteiger partial charge on any atom is 0.171 e. The van der Waals surface area contributed by atoms with Crippen LogP contribution in [0.15, 0.2) is 24.3 Å². The van der Waals surface area contributed by atoms with Crippen LogP contribution < -0.4 is 10.6 Å². The first kappa shape index (κ1) is 17.7. The number of hydrogen-bond acceptors (Lipinski definition) is 2. The summed E-state index contributed by atoms with van der Waals surface area (Å²) in [4.78, 5) is 2.77. The molecule has 2 bridgehead atoms. The molecule has 1 aromatic carbocycles. The molecule has 2 atom stereocenters. The summed E-state index contributed by atoms with van der Waals surface area (Å²) in [6.45, 7) is 5.74. The Morgan fingerprint density at radius 1 is 1.17 bits per heavy atom. The molecule has 0 aliphatic carbocycles. The number of nitrogens with zero attached hydrogens (tertiary/aromatic N) is 1. The summed E-state index contributed by atoms with van der Waals surface area (Å²) in [7, 11) is 0. The second-order valence-electron chi connectivity index (χ2n) is 7.25. The van der Waals surface area contributed by atoms with E-state index in [0.717, 1.165) is 29.3 Å². The van der Waals surface area contributed by atoms with E-state index in [9.17, 15) is 0 Å². The minimum Gasteiger partial charge on any atom is -0.360 e. The van der Waals surface area contributed by atoms with Gasteiger partial charge in [-0.25, -0.2) is 0 Å². The molecule has 0 amide bonds. The smallest absolute Gasteiger partial charge is 0.171 e. The SMILES string of the molecule is CCCN1C2CCCC1CC(NC(=S)Nc1ccccc1CC)C2. The topological polar surface area (TPSA) is 27.3 Å². The molecule has 3 rings (SSSR count). The van der Waals surface area contributed by atoms with Gasteiger partial charge < -0.3 is 10.6 Å². The normalized spacial score (nSPS) is 26.8. The van der Waals surface area contributed by atoms with E-state index in [4.69, 9.17) is 12.2 Å². The van der Waals surface area contributed by atoms with E-state index in [2.05, 4.69) is 53.6 Å². The monoisotopic (exact) mass is 345 g/mol. The average molecular weight is 346 g/mol. The van der Waals surface area contributed by atoms with Gasteiger partial charge in [-0.1, -0.05) is 38.5 Å². The van der Waals surface area contributed by atoms with Crippen LogP contribution >= 0.6 is 12.2 Å². The largest absolute Gasteiger partial charge is 0.360 e. The highest BCUT2D eigenvalue weighted by molar-refractivity contribution is 7.80. The standard InChI is InChI=1S/C20H31N3S/c1-3-12-23-17-9-7-10-18(23)14-16(13-17)21-20(24)22-19-11-6-5-8-15(19)4-2/h5-6,8,11,16-18H,3-4,7,9-10,12-14H2,1-2H3,(H2,21,22,24). The van der Waals surface area contributed by atoms with Crippen LogP contribution in [0.5, 0.6) is 0 Å². The second kappa shape index (κ2) is 8.30. The third-order valence-electron chi connectivity index (χ3n) is 5.59. The zero-order valence-corrected chi connectivity index (χ0v) is 15.9. The van der Waals surface area contributed by atoms with Crippen molar-refractivity contribution in [3.8, 4) is 0 Å². The van der Waals surface area contributed by atoms with Crippen molar-refractivity contribution in [3.63, 3.8) is 0 Å². The summed E-state index contributed by atoms with van der Waals surface area (Å²) < 4.78 is 0. The predicted octanol–water partition coefficient (Wildman–Crippen LogP) is 4.33. The first-order valence-corrected chi connectivity index (χ1v) is 10.0. The van der Waals surface area contributed by atoms with Crippen molar-refractivity contribution in [2.45, 2.75) is 76.9 Å². The van der Waals surface area contributed by atoms with Gasteiger partial charge in [0.2, 0.25) is 0 Å². The van der Waals surface area contributed by atoms with Crippen molar-refractivity contribution < 1.29 is 0 Å². The quantitative estimate of drug-likeness (QED) is 0.777. The minimum absolute atomic E-state index is 0.516. The molecule has 2 aliphatic rings. The highest BCUT2D eigenvalue weighted by atomic mass is 32.1. The van der Waals surface area contributed by atoms with Crippen LogP contribution in [0.4, 0.5) is 5.69 Å². The summed E-state index contributed by atoms with van der Waals surface area (Å²) in [6, 6.07) is 10.5. The van der Waals surface area contributed by atoms with E-state index in [1.165, 1.54) is 50.6 Å². The predicted molar refractivity (Wildman–Crippen MR) is 107 cm³/mol. The van der Waals surface area contributed by atoms with Gasteiger partial charge in [-0.15, -0.1) is 0 Å². The molecule has 0 spiro atoms. The molecule has 2 unspecified atom stereocenters. The van der Waals surface area contributed by atoms with Crippen LogP contribution in [0.2, 0.25) is 0 Å². The first-order valence-electron chi connectivity index (χ1n) is 9.62. The molecule has 2 aliphatic heterocycles. The van der Waals surface area contributed by atoms with Crippen molar-refractivity contribution in [1.82, 2.24) is 10.2 Å². The highest BCUT2D eigenvalue weighted by Crippen LogP contribution is 2.34. The van der Waals surface area contributed by atoms with Gasteiger partial charge in [0.05, 0.1) is 0 Å². The fourth-order valence-corrected chi connectivity index (χ4v) is 4.79. The fourth-order valence-electron chi connectivity index (χ4n) is 4.51. The van der Waals surface area contributed by atoms with Crippen LogP contribution in [-0.2, 0) is 6.42 Å². The van der Waals surface area contributed by atoms with Crippen molar-refractivity contribution >= 4 is 23.0 Å². The molecule has 4 heteroatoms. The minimum atomic E-state index is 0.516. The van der Waals surface area contributed by atoms with Crippen LogP contribution in [0.25, 0.3) is 0 Å². The number of piperidine rings is 2. The van der Waals surface area contributed by atoms with Crippen molar-refractivity contribution in [3.05, 3.63) is 29.8 Å². The molecule has 2 saturated heterocycles. The van der Waals surface area contributed by atoms with Gasteiger partial charge >= 0.3 is 0 Å². The third kappa shape index (κ3) is 4.09. The van der Waals surface area contributed by atoms with Crippen molar-refractivity contribution in [2.24, 2.45) is 0 Å². The van der Waals surface area contributed by atoms with Crippen molar-refractivity contribution in [1.29, 1.82) is 0 Å². The van der Waals surface area contributed by atoms with Gasteiger partial charge in [-0.2, -0.15) is 0 Å². The Morgan fingerprint density at radius 2 is 1.88 bits per heavy atom. The number of anilines is 1. The Hall–Kier alpha value is -1.13. The number of aryl methyl sites for hydroxylation is 1. The summed E-state index contributed by atoms with van der Waals surface area (Å²) in [5.41, 5.74) is 2.46. The van der Waals surface area contributed by atoms with Gasteiger partial charge in [0.1, 0.15) is 0 Å². The second-order valence-corrected chi connectivity index (χ2v) is 7.66. The summed E-state index contributed by atoms with van der Waals surface area (Å²) >= 11 is 5.60. The Balaban J connectivity index is 1.57. The lowest BCUT2D eigenvalue weighted by molar-refractivity contribution is 0.0284. The summed E-state index contributed by atoms with van der Waals surface area (Å²) in [6.07, 6.45) is 8.85. The van der Waals surface area contributed by atoms with Crippen LogP contribution in [0.3, 0.4) is 0 Å². The number of benzene rings is 1. The number of rotatable bonds is 5. The van der Waals surface area contributed by atoms with Gasteiger partial charge in [-0.05, 0) is 68.9 Å². The van der Waals surface area contributed by atoms with Crippen LogP contribution in [0, 0.1) is 0 Å². The lowest BCUT2D eigenvalue weighted by Gasteiger charge is -2.49. The average Bonchev–Trinajstić information content (AvgIpc) is 2.56. The van der Waals surface area contributed by atoms with Gasteiger partial charge in [0, 0.05) is 23.8 Å². The molecule has 0 aromatic heterocycles. The van der Waals surface area contributed by atoms with Gasteiger partial charge in [0.15, 0.2) is 5.11 Å². The molecule has 3 nitrogen and oxygen atoms in total. The number of nitrogens with one attached hydrogen (secondary N) is 2. The lowest BCUT2D eigenvalue weighted by Crippen LogP contribution is -2.57. The Kier molecular flexibility index (Phi) is 6.12. The summed E-state index contributed by atoms with van der Waals surface area (Å²) in [5.74, 6) is 0. The zero-order chi connectivity index (χ0) is 16.9. The maximum absolute atomic E-state index is 5.60. The molecule has 1 aromatic rings. The molecule has 2 heterocycles. The van der Waals surface area contributed by atoms with Crippen LogP contribution in [0.1, 0.15) is 57.9 Å². The molecule has 2 N–H and O–H groups in total. The van der Waals surface area contributed by atoms with E-state index in [1.807, 2.05) is 0 Å². The molecular formula is C20H31N3S. The maximum atomic E-state index is 5.60. The number of thiocarbonyl (C=S) groups is 1. The van der Waals surface area contributed by atoms with E-state index >= 15 is 0 Å². The van der Waals surface area contributed by atoms with E-state index in [1.54, 1.807) is 0 Å². The first-order chi connectivity index (χ1) is 11.7. The van der Waals surface area contributed by atoms with E-state index in [-0.39, 0.29) is 0 Å². The molecule has 2 fully saturated rings. The summed E-state index contributed by atoms with van der Waals surface area (Å²) in [5, 5.41) is 7.80. The van der Waals surface area contributed by atoms with Gasteiger partial charge in [-0.3, -0.25) is 4.90 Å².